The van der Waals surface area contributed by atoms with E-state index in [2.05, 4.69) is 15.4 Å². The molecular weight excluding hydrogens is 383 g/mol. The van der Waals surface area contributed by atoms with Gasteiger partial charge in [-0.1, -0.05) is 0 Å². The van der Waals surface area contributed by atoms with E-state index in [0.29, 0.717) is 17.3 Å². The lowest BCUT2D eigenvalue weighted by molar-refractivity contribution is -0.183. The largest absolute Gasteiger partial charge is 0.393 e. The minimum absolute atomic E-state index is 0.121. The van der Waals surface area contributed by atoms with Crippen LogP contribution in [0.5, 0.6) is 0 Å². The number of hydrogen-bond donors (Lipinski definition) is 2. The van der Waals surface area contributed by atoms with Gasteiger partial charge < -0.3 is 11.1 Å². The van der Waals surface area contributed by atoms with Crippen LogP contribution in [0.25, 0.3) is 5.65 Å². The van der Waals surface area contributed by atoms with Gasteiger partial charge in [-0.25, -0.2) is 9.50 Å². The lowest BCUT2D eigenvalue weighted by Crippen LogP contribution is -2.47. The number of amides is 1. The number of piperidine rings is 1. The monoisotopic (exact) mass is 407 g/mol. The van der Waals surface area contributed by atoms with Gasteiger partial charge in [0, 0.05) is 18.9 Å². The van der Waals surface area contributed by atoms with E-state index in [1.807, 2.05) is 6.20 Å². The molecule has 6 atom stereocenters. The zero-order valence-corrected chi connectivity index (χ0v) is 15.9. The molecule has 0 aromatic carbocycles. The number of hydrogen-bond acceptors (Lipinski definition) is 4. The number of aromatic nitrogens is 3. The molecule has 1 unspecified atom stereocenters. The van der Waals surface area contributed by atoms with Crippen molar-refractivity contribution in [3.63, 3.8) is 0 Å². The van der Waals surface area contributed by atoms with Gasteiger partial charge in [0.05, 0.1) is 29.5 Å². The molecule has 3 aliphatic rings. The third-order valence-electron chi connectivity index (χ3n) is 6.90. The Morgan fingerprint density at radius 1 is 1.21 bits per heavy atom. The molecule has 6 nitrogen and oxygen atoms in total. The fraction of sp³-hybridized carbons (Fsp3) is 0.650. The Morgan fingerprint density at radius 2 is 1.97 bits per heavy atom. The average molecular weight is 407 g/mol. The van der Waals surface area contributed by atoms with E-state index in [9.17, 15) is 18.0 Å². The number of rotatable bonds is 4. The summed E-state index contributed by atoms with van der Waals surface area (Å²) in [4.78, 5) is 16.7. The van der Waals surface area contributed by atoms with E-state index in [4.69, 9.17) is 5.73 Å². The van der Waals surface area contributed by atoms with Crippen LogP contribution in [-0.4, -0.2) is 33.2 Å². The molecule has 1 saturated heterocycles. The highest BCUT2D eigenvalue weighted by atomic mass is 19.4. The Balaban J connectivity index is 1.31. The van der Waals surface area contributed by atoms with Gasteiger partial charge in [0.15, 0.2) is 5.65 Å². The van der Waals surface area contributed by atoms with Gasteiger partial charge in [0.25, 0.3) is 0 Å². The van der Waals surface area contributed by atoms with Crippen molar-refractivity contribution >= 4 is 11.6 Å². The summed E-state index contributed by atoms with van der Waals surface area (Å²) < 4.78 is 40.7. The van der Waals surface area contributed by atoms with Crippen molar-refractivity contribution in [1.82, 2.24) is 19.9 Å². The van der Waals surface area contributed by atoms with E-state index in [-0.39, 0.29) is 31.3 Å². The number of nitrogens with two attached hydrogens (primary N) is 1. The fourth-order valence-corrected chi connectivity index (χ4v) is 5.09. The smallest absolute Gasteiger partial charge is 0.355 e. The molecule has 1 amide bonds. The van der Waals surface area contributed by atoms with Gasteiger partial charge in [-0.15, -0.1) is 0 Å². The van der Waals surface area contributed by atoms with Gasteiger partial charge in [-0.3, -0.25) is 4.79 Å². The minimum Gasteiger partial charge on any atom is -0.355 e. The lowest BCUT2D eigenvalue weighted by atomic mass is 9.86. The predicted molar refractivity (Wildman–Crippen MR) is 98.6 cm³/mol. The first-order chi connectivity index (χ1) is 13.8. The lowest BCUT2D eigenvalue weighted by Gasteiger charge is -2.30. The molecule has 2 aromatic rings. The van der Waals surface area contributed by atoms with E-state index in [0.717, 1.165) is 30.4 Å². The van der Waals surface area contributed by atoms with Crippen LogP contribution < -0.4 is 11.1 Å². The van der Waals surface area contributed by atoms with Crippen LogP contribution in [0.15, 0.2) is 18.3 Å². The summed E-state index contributed by atoms with van der Waals surface area (Å²) in [5, 5.41) is 6.86. The number of halogens is 3. The third-order valence-corrected chi connectivity index (χ3v) is 6.90. The van der Waals surface area contributed by atoms with Crippen LogP contribution in [0.4, 0.5) is 13.2 Å². The van der Waals surface area contributed by atoms with Crippen LogP contribution in [-0.2, 0) is 11.2 Å². The second-order valence-electron chi connectivity index (χ2n) is 8.93. The second kappa shape index (κ2) is 6.68. The number of nitrogens with one attached hydrogen (secondary N) is 1. The van der Waals surface area contributed by atoms with E-state index in [1.165, 1.54) is 6.42 Å². The standard InChI is InChI=1S/C20H24F3N5O/c21-20(22,23)14-6-13(19(29)25-8-14)7-15-1-2-17-26-16(9-28(17)27-15)18(24)12-4-10-3-11(10)5-12/h1-2,9-14,18H,3-8,24H2,(H,25,29)/t10-,11+,12?,13-,14+,18-/m0/s1. The fourth-order valence-electron chi connectivity index (χ4n) is 5.09. The zero-order chi connectivity index (χ0) is 20.3. The van der Waals surface area contributed by atoms with Gasteiger partial charge in [0.2, 0.25) is 5.91 Å². The summed E-state index contributed by atoms with van der Waals surface area (Å²) in [6, 6.07) is 3.39. The van der Waals surface area contributed by atoms with E-state index in [1.54, 1.807) is 16.6 Å². The van der Waals surface area contributed by atoms with Crippen LogP contribution in [0.2, 0.25) is 0 Å². The summed E-state index contributed by atoms with van der Waals surface area (Å²) in [5.41, 5.74) is 8.47. The zero-order valence-electron chi connectivity index (χ0n) is 15.9. The Bertz CT molecular complexity index is 932. The summed E-state index contributed by atoms with van der Waals surface area (Å²) >= 11 is 0. The maximum Gasteiger partial charge on any atom is 0.393 e. The van der Waals surface area contributed by atoms with Crippen LogP contribution >= 0.6 is 0 Å². The molecule has 2 saturated carbocycles. The number of carbonyl (C=O) groups is 1. The SMILES string of the molecule is N[C@H](c1cn2nc(C[C@@H]3C[C@@H](C(F)(F)F)CNC3=O)ccc2n1)C1C[C@@H]2C[C@@H]2C1. The number of alkyl halides is 3. The number of nitrogens with zero attached hydrogens (tertiary/aromatic N) is 3. The molecule has 156 valence electrons. The molecule has 2 aromatic heterocycles. The summed E-state index contributed by atoms with van der Waals surface area (Å²) in [7, 11) is 0. The first-order valence-corrected chi connectivity index (χ1v) is 10.2. The summed E-state index contributed by atoms with van der Waals surface area (Å²) in [5.74, 6) is -0.459. The first-order valence-electron chi connectivity index (χ1n) is 10.2. The van der Waals surface area contributed by atoms with Crippen LogP contribution in [0, 0.1) is 29.6 Å². The highest BCUT2D eigenvalue weighted by molar-refractivity contribution is 5.79. The summed E-state index contributed by atoms with van der Waals surface area (Å²) in [6.45, 7) is -0.350. The van der Waals surface area contributed by atoms with Crippen molar-refractivity contribution in [2.45, 2.75) is 44.3 Å². The molecule has 3 fully saturated rings. The first kappa shape index (κ1) is 18.8. The molecule has 1 aliphatic heterocycles. The molecular formula is C20H24F3N5O. The number of carbonyl (C=O) groups excluding carboxylic acids is 1. The van der Waals surface area contributed by atoms with Crippen molar-refractivity contribution in [3.05, 3.63) is 29.7 Å². The Kier molecular flexibility index (Phi) is 4.34. The van der Waals surface area contributed by atoms with Crippen molar-refractivity contribution in [1.29, 1.82) is 0 Å². The summed E-state index contributed by atoms with van der Waals surface area (Å²) in [6.07, 6.45) is 1.12. The number of fused-ring (bicyclic) bond motifs is 2. The van der Waals surface area contributed by atoms with Crippen LogP contribution in [0.1, 0.15) is 43.1 Å². The van der Waals surface area contributed by atoms with Gasteiger partial charge in [-0.05, 0) is 55.6 Å². The molecule has 29 heavy (non-hydrogen) atoms. The molecule has 5 rings (SSSR count). The molecule has 0 spiro atoms. The van der Waals surface area contributed by atoms with Gasteiger partial charge in [-0.2, -0.15) is 18.3 Å². The van der Waals surface area contributed by atoms with Crippen LogP contribution in [0.3, 0.4) is 0 Å². The molecule has 0 bridgehead atoms. The van der Waals surface area contributed by atoms with Crippen molar-refractivity contribution in [2.24, 2.45) is 35.3 Å². The highest BCUT2D eigenvalue weighted by Crippen LogP contribution is 2.56. The Morgan fingerprint density at radius 3 is 2.69 bits per heavy atom. The maximum absolute atomic E-state index is 13.0. The van der Waals surface area contributed by atoms with Crippen molar-refractivity contribution < 1.29 is 18.0 Å². The molecule has 0 radical (unpaired) electrons. The highest BCUT2D eigenvalue weighted by Gasteiger charge is 2.48. The topological polar surface area (TPSA) is 85.3 Å². The van der Waals surface area contributed by atoms with Crippen molar-refractivity contribution in [3.8, 4) is 0 Å². The molecule has 9 heteroatoms. The second-order valence-corrected chi connectivity index (χ2v) is 8.93. The Hall–Kier alpha value is -2.16. The number of imidazole rings is 1. The molecule has 2 aliphatic carbocycles. The van der Waals surface area contributed by atoms with Crippen molar-refractivity contribution in [2.75, 3.05) is 6.54 Å². The maximum atomic E-state index is 13.0. The predicted octanol–water partition coefficient (Wildman–Crippen LogP) is 2.63. The minimum atomic E-state index is -4.31. The normalized spacial score (nSPS) is 32.8. The average Bonchev–Trinajstić information content (AvgIpc) is 3.09. The Labute approximate surface area is 166 Å². The van der Waals surface area contributed by atoms with Gasteiger partial charge in [0.1, 0.15) is 0 Å². The molecule has 3 heterocycles. The van der Waals surface area contributed by atoms with Gasteiger partial charge >= 0.3 is 6.18 Å². The third kappa shape index (κ3) is 3.60. The van der Waals surface area contributed by atoms with E-state index < -0.39 is 18.0 Å². The molecule has 3 N–H and O–H groups in total. The quantitative estimate of drug-likeness (QED) is 0.816. The van der Waals surface area contributed by atoms with E-state index >= 15 is 0 Å².